The van der Waals surface area contributed by atoms with Gasteiger partial charge in [-0.2, -0.15) is 5.11 Å². The van der Waals surface area contributed by atoms with Gasteiger partial charge in [-0.3, -0.25) is 0 Å². The van der Waals surface area contributed by atoms with Crippen molar-refractivity contribution in [2.45, 2.75) is 347 Å². The van der Waals surface area contributed by atoms with Crippen molar-refractivity contribution in [2.75, 3.05) is 11.9 Å². The summed E-state index contributed by atoms with van der Waals surface area (Å²) in [6.07, 6.45) is 77.7. The topological polar surface area (TPSA) is 36.8 Å². The highest BCUT2D eigenvalue weighted by Crippen LogP contribution is 2.33. The summed E-state index contributed by atoms with van der Waals surface area (Å²) >= 11 is 0. The number of unbranched alkanes of at least 4 members (excludes halogenated alkanes) is 52. The van der Waals surface area contributed by atoms with Crippen LogP contribution in [0, 0.1) is 0 Å². The van der Waals surface area contributed by atoms with E-state index in [1.54, 1.807) is 0 Å². The second-order valence-corrected chi connectivity index (χ2v) is 23.5. The molecule has 0 aliphatic heterocycles. The Labute approximate surface area is 461 Å². The van der Waals surface area contributed by atoms with Crippen LogP contribution in [0.4, 0.5) is 17.1 Å². The molecule has 0 bridgehead atoms. The predicted molar refractivity (Wildman–Crippen MR) is 333 cm³/mol. The predicted octanol–water partition coefficient (Wildman–Crippen LogP) is 26.4. The number of azo groups is 1. The van der Waals surface area contributed by atoms with Gasteiger partial charge >= 0.3 is 0 Å². The molecule has 0 unspecified atom stereocenters. The van der Waals surface area contributed by atoms with E-state index in [-0.39, 0.29) is 0 Å². The summed E-state index contributed by atoms with van der Waals surface area (Å²) in [6, 6.07) is 22.7. The van der Waals surface area contributed by atoms with Gasteiger partial charge in [0.25, 0.3) is 0 Å². The van der Waals surface area contributed by atoms with Gasteiger partial charge in [0, 0.05) is 23.0 Å². The molecule has 3 nitrogen and oxygen atoms in total. The Hall–Kier alpha value is -2.68. The summed E-state index contributed by atoms with van der Waals surface area (Å²) in [6.45, 7) is 3.34. The van der Waals surface area contributed by atoms with Crippen LogP contribution >= 0.6 is 0 Å². The maximum absolute atomic E-state index is 4.56. The molecule has 0 spiro atoms. The normalized spacial score (nSPS) is 11.7. The fourth-order valence-electron chi connectivity index (χ4n) is 11.6. The average Bonchev–Trinajstić information content (AvgIpc) is 3.43. The molecule has 3 aromatic carbocycles. The third-order valence-electron chi connectivity index (χ3n) is 16.5. The van der Waals surface area contributed by atoms with Crippen LogP contribution in [0.25, 0.3) is 10.8 Å². The highest BCUT2D eigenvalue weighted by molar-refractivity contribution is 6.00. The second kappa shape index (κ2) is 52.4. The number of hydrogen-bond donors (Lipinski definition) is 1. The lowest BCUT2D eigenvalue weighted by Crippen LogP contribution is -2.02. The fourth-order valence-corrected chi connectivity index (χ4v) is 11.6. The van der Waals surface area contributed by atoms with E-state index in [0.717, 1.165) is 23.3 Å². The fraction of sp³-hybridized carbons (Fsp3) is 0.775. The molecule has 422 valence electrons. The molecule has 0 heterocycles. The van der Waals surface area contributed by atoms with Crippen molar-refractivity contribution < 1.29 is 0 Å². The minimum absolute atomic E-state index is 0.877. The summed E-state index contributed by atoms with van der Waals surface area (Å²) < 4.78 is 0. The average molecular weight is 1020 g/mol. The number of nitrogens with one attached hydrogen (secondary N) is 1. The molecule has 0 radical (unpaired) electrons. The Morgan fingerprint density at radius 3 is 0.797 bits per heavy atom. The third kappa shape index (κ3) is 39.7. The monoisotopic (exact) mass is 1020 g/mol. The summed E-state index contributed by atoms with van der Waals surface area (Å²) in [5.74, 6) is 0. The molecule has 0 atom stereocenters. The standard InChI is InChI=1S/C71H123N3/c1-2-3-4-5-6-7-8-9-10-11-12-13-14-15-16-17-18-19-20-21-22-23-24-25-26-27-28-29-30-31-32-33-34-35-36-37-38-39-40-41-42-43-44-45-46-47-48-49-50-51-52-53-59-66-72-70-64-65-71(69-63-58-57-62-68(69)70)74-73-67-60-55-54-56-61-67/h54-58,60-65,72H,2-53,59,66H2,1H3. The largest absolute Gasteiger partial charge is 0.385 e. The van der Waals surface area contributed by atoms with Crippen molar-refractivity contribution in [3.05, 3.63) is 66.7 Å². The lowest BCUT2D eigenvalue weighted by Gasteiger charge is -2.11. The molecular formula is C71H123N3. The van der Waals surface area contributed by atoms with Crippen LogP contribution in [0.2, 0.25) is 0 Å². The van der Waals surface area contributed by atoms with Crippen LogP contribution in [-0.4, -0.2) is 6.54 Å². The van der Waals surface area contributed by atoms with Crippen LogP contribution in [0.3, 0.4) is 0 Å². The molecular weight excluding hydrogens is 895 g/mol. The molecule has 0 fully saturated rings. The van der Waals surface area contributed by atoms with Crippen LogP contribution < -0.4 is 5.32 Å². The summed E-state index contributed by atoms with van der Waals surface area (Å²) in [5, 5.41) is 15.1. The van der Waals surface area contributed by atoms with Crippen molar-refractivity contribution >= 4 is 27.8 Å². The van der Waals surface area contributed by atoms with Crippen molar-refractivity contribution in [3.63, 3.8) is 0 Å². The Morgan fingerprint density at radius 2 is 0.500 bits per heavy atom. The molecule has 3 rings (SSSR count). The maximum Gasteiger partial charge on any atom is 0.0936 e. The molecule has 0 saturated carbocycles. The minimum Gasteiger partial charge on any atom is -0.385 e. The number of hydrogen-bond acceptors (Lipinski definition) is 3. The lowest BCUT2D eigenvalue weighted by atomic mass is 10.0. The molecule has 0 amide bonds. The van der Waals surface area contributed by atoms with E-state index < -0.39 is 0 Å². The Kier molecular flexibility index (Phi) is 46.4. The molecule has 3 aromatic rings. The number of nitrogens with zero attached hydrogens (tertiary/aromatic N) is 2. The zero-order valence-corrected chi connectivity index (χ0v) is 49.4. The van der Waals surface area contributed by atoms with Crippen LogP contribution in [-0.2, 0) is 0 Å². The van der Waals surface area contributed by atoms with Gasteiger partial charge in [0.05, 0.1) is 11.4 Å². The van der Waals surface area contributed by atoms with Crippen LogP contribution in [0.1, 0.15) is 347 Å². The Bertz CT molecular complexity index is 1610. The summed E-state index contributed by atoms with van der Waals surface area (Å²) in [7, 11) is 0. The van der Waals surface area contributed by atoms with E-state index in [4.69, 9.17) is 0 Å². The first-order valence-corrected chi connectivity index (χ1v) is 33.6. The SMILES string of the molecule is CCCCCCCCCCCCCCCCCCCCCCCCCCCCCCCCCCCCCCCCCCCCCCCCCCCCCCCNc1ccc(N=Nc2ccccc2)c2ccccc12. The van der Waals surface area contributed by atoms with Crippen molar-refractivity contribution in [1.82, 2.24) is 0 Å². The second-order valence-electron chi connectivity index (χ2n) is 23.5. The smallest absolute Gasteiger partial charge is 0.0936 e. The van der Waals surface area contributed by atoms with Gasteiger partial charge in [-0.05, 0) is 30.7 Å². The van der Waals surface area contributed by atoms with Gasteiger partial charge in [0.1, 0.15) is 0 Å². The summed E-state index contributed by atoms with van der Waals surface area (Å²) in [4.78, 5) is 0. The third-order valence-corrected chi connectivity index (χ3v) is 16.5. The van der Waals surface area contributed by atoms with Gasteiger partial charge in [0.2, 0.25) is 0 Å². The number of benzene rings is 3. The Morgan fingerprint density at radius 1 is 0.243 bits per heavy atom. The van der Waals surface area contributed by atoms with Crippen molar-refractivity contribution in [3.8, 4) is 0 Å². The molecule has 0 aliphatic carbocycles. The first-order chi connectivity index (χ1) is 36.9. The number of fused-ring (bicyclic) bond motifs is 1. The molecule has 0 aromatic heterocycles. The molecule has 1 N–H and O–H groups in total. The quantitative estimate of drug-likeness (QED) is 0.0444. The Balaban J connectivity index is 0.903. The zero-order chi connectivity index (χ0) is 52.0. The van der Waals surface area contributed by atoms with Gasteiger partial charge in [0.15, 0.2) is 0 Å². The summed E-state index contributed by atoms with van der Waals surface area (Å²) in [5.41, 5.74) is 2.99. The van der Waals surface area contributed by atoms with Crippen molar-refractivity contribution in [1.29, 1.82) is 0 Å². The van der Waals surface area contributed by atoms with Gasteiger partial charge in [-0.1, -0.05) is 383 Å². The highest BCUT2D eigenvalue weighted by atomic mass is 15.1. The first-order valence-electron chi connectivity index (χ1n) is 33.6. The minimum atomic E-state index is 0.877. The van der Waals surface area contributed by atoms with E-state index in [2.05, 4.69) is 58.9 Å². The van der Waals surface area contributed by atoms with Crippen LogP contribution in [0.5, 0.6) is 0 Å². The van der Waals surface area contributed by atoms with E-state index in [1.165, 1.54) is 351 Å². The molecule has 74 heavy (non-hydrogen) atoms. The first kappa shape index (κ1) is 65.6. The van der Waals surface area contributed by atoms with E-state index >= 15 is 0 Å². The molecule has 3 heteroatoms. The molecule has 0 aliphatic rings. The van der Waals surface area contributed by atoms with Crippen molar-refractivity contribution in [2.24, 2.45) is 10.2 Å². The van der Waals surface area contributed by atoms with Crippen LogP contribution in [0.15, 0.2) is 77.0 Å². The van der Waals surface area contributed by atoms with E-state index in [0.29, 0.717) is 0 Å². The van der Waals surface area contributed by atoms with Gasteiger partial charge in [-0.15, -0.1) is 5.11 Å². The van der Waals surface area contributed by atoms with Gasteiger partial charge < -0.3 is 5.32 Å². The highest BCUT2D eigenvalue weighted by Gasteiger charge is 2.06. The zero-order valence-electron chi connectivity index (χ0n) is 49.4. The van der Waals surface area contributed by atoms with E-state index in [1.807, 2.05) is 30.3 Å². The number of rotatable bonds is 57. The van der Waals surface area contributed by atoms with E-state index in [9.17, 15) is 0 Å². The lowest BCUT2D eigenvalue weighted by molar-refractivity contribution is 0.507. The number of anilines is 1. The molecule has 0 saturated heterocycles. The van der Waals surface area contributed by atoms with Gasteiger partial charge in [-0.25, -0.2) is 0 Å². The maximum atomic E-state index is 4.56.